The van der Waals surface area contributed by atoms with Gasteiger partial charge in [-0.25, -0.2) is 0 Å². The van der Waals surface area contributed by atoms with Gasteiger partial charge in [0.05, 0.1) is 11.4 Å². The summed E-state index contributed by atoms with van der Waals surface area (Å²) in [5.41, 5.74) is 7.78. The van der Waals surface area contributed by atoms with Gasteiger partial charge in [0, 0.05) is 24.9 Å². The quantitative estimate of drug-likeness (QED) is 0.787. The van der Waals surface area contributed by atoms with Gasteiger partial charge in [-0.2, -0.15) is 0 Å². The lowest BCUT2D eigenvalue weighted by molar-refractivity contribution is 0.569. The van der Waals surface area contributed by atoms with E-state index in [0.29, 0.717) is 12.5 Å². The molecule has 0 amide bonds. The minimum atomic E-state index is 0.413. The smallest absolute Gasteiger partial charge is 0.0630 e. The van der Waals surface area contributed by atoms with Gasteiger partial charge in [0.1, 0.15) is 0 Å². The first-order chi connectivity index (χ1) is 6.79. The van der Waals surface area contributed by atoms with E-state index in [0.717, 1.165) is 17.3 Å². The molecule has 1 aliphatic rings. The number of hydrogen-bond acceptors (Lipinski definition) is 3. The van der Waals surface area contributed by atoms with Crippen molar-refractivity contribution in [1.29, 1.82) is 0 Å². The molecule has 14 heavy (non-hydrogen) atoms. The van der Waals surface area contributed by atoms with E-state index < -0.39 is 0 Å². The van der Waals surface area contributed by atoms with E-state index in [-0.39, 0.29) is 0 Å². The van der Waals surface area contributed by atoms with Crippen molar-refractivity contribution in [2.24, 2.45) is 11.7 Å². The predicted molar refractivity (Wildman–Crippen MR) is 55.9 cm³/mol. The first kappa shape index (κ1) is 9.59. The molecule has 1 aliphatic carbocycles. The Morgan fingerprint density at radius 3 is 2.71 bits per heavy atom. The van der Waals surface area contributed by atoms with Gasteiger partial charge in [0.15, 0.2) is 0 Å². The van der Waals surface area contributed by atoms with Crippen LogP contribution in [0, 0.1) is 12.8 Å². The Hall–Kier alpha value is -0.960. The monoisotopic (exact) mass is 191 g/mol. The standard InChI is InChI=1S/C11H17N3/c1-8-6-14-11(7-13-8)10(5-12)4-9-2-3-9/h6-7,9-10H,2-5,12H2,1H3/t10-/m0/s1. The van der Waals surface area contributed by atoms with Crippen LogP contribution in [-0.2, 0) is 0 Å². The van der Waals surface area contributed by atoms with Crippen molar-refractivity contribution < 1.29 is 0 Å². The molecule has 0 saturated heterocycles. The summed E-state index contributed by atoms with van der Waals surface area (Å²) in [5, 5.41) is 0. The maximum absolute atomic E-state index is 5.75. The van der Waals surface area contributed by atoms with E-state index in [9.17, 15) is 0 Å². The molecule has 76 valence electrons. The summed E-state index contributed by atoms with van der Waals surface area (Å²) < 4.78 is 0. The second-order valence-corrected chi connectivity index (χ2v) is 4.19. The third kappa shape index (κ3) is 2.29. The summed E-state index contributed by atoms with van der Waals surface area (Å²) in [4.78, 5) is 8.65. The van der Waals surface area contributed by atoms with Gasteiger partial charge >= 0.3 is 0 Å². The summed E-state index contributed by atoms with van der Waals surface area (Å²) in [7, 11) is 0. The molecule has 1 saturated carbocycles. The number of hydrogen-bond donors (Lipinski definition) is 1. The van der Waals surface area contributed by atoms with Crippen molar-refractivity contribution in [3.05, 3.63) is 23.8 Å². The zero-order valence-electron chi connectivity index (χ0n) is 8.61. The van der Waals surface area contributed by atoms with Crippen molar-refractivity contribution in [2.75, 3.05) is 6.54 Å². The van der Waals surface area contributed by atoms with Gasteiger partial charge in [-0.1, -0.05) is 12.8 Å². The van der Waals surface area contributed by atoms with E-state index in [1.807, 2.05) is 19.3 Å². The van der Waals surface area contributed by atoms with Gasteiger partial charge in [-0.05, 0) is 19.3 Å². The van der Waals surface area contributed by atoms with Crippen molar-refractivity contribution in [3.8, 4) is 0 Å². The predicted octanol–water partition coefficient (Wildman–Crippen LogP) is 1.63. The van der Waals surface area contributed by atoms with Crippen molar-refractivity contribution in [3.63, 3.8) is 0 Å². The molecule has 0 aliphatic heterocycles. The molecule has 2 rings (SSSR count). The Morgan fingerprint density at radius 1 is 1.43 bits per heavy atom. The Labute approximate surface area is 84.8 Å². The van der Waals surface area contributed by atoms with Gasteiger partial charge < -0.3 is 5.73 Å². The molecule has 1 fully saturated rings. The Kier molecular flexibility index (Phi) is 2.77. The second kappa shape index (κ2) is 4.05. The van der Waals surface area contributed by atoms with Crippen LogP contribution in [0.15, 0.2) is 12.4 Å². The molecule has 0 aromatic carbocycles. The highest BCUT2D eigenvalue weighted by Crippen LogP contribution is 2.37. The average Bonchev–Trinajstić information content (AvgIpc) is 3.00. The Morgan fingerprint density at radius 2 is 2.21 bits per heavy atom. The minimum absolute atomic E-state index is 0.413. The molecule has 1 aromatic heterocycles. The van der Waals surface area contributed by atoms with E-state index in [1.54, 1.807) is 0 Å². The van der Waals surface area contributed by atoms with E-state index in [1.165, 1.54) is 19.3 Å². The lowest BCUT2D eigenvalue weighted by Crippen LogP contribution is -2.14. The van der Waals surface area contributed by atoms with Gasteiger partial charge in [0.25, 0.3) is 0 Å². The molecule has 1 atom stereocenters. The molecule has 1 heterocycles. The van der Waals surface area contributed by atoms with Gasteiger partial charge in [-0.15, -0.1) is 0 Å². The lowest BCUT2D eigenvalue weighted by atomic mass is 9.99. The lowest BCUT2D eigenvalue weighted by Gasteiger charge is -2.12. The van der Waals surface area contributed by atoms with E-state index >= 15 is 0 Å². The fraction of sp³-hybridized carbons (Fsp3) is 0.636. The highest BCUT2D eigenvalue weighted by molar-refractivity contribution is 5.08. The van der Waals surface area contributed by atoms with Crippen LogP contribution < -0.4 is 5.73 Å². The maximum atomic E-state index is 5.75. The van der Waals surface area contributed by atoms with Crippen LogP contribution in [0.5, 0.6) is 0 Å². The van der Waals surface area contributed by atoms with Crippen LogP contribution in [-0.4, -0.2) is 16.5 Å². The van der Waals surface area contributed by atoms with Crippen LogP contribution in [0.1, 0.15) is 36.6 Å². The van der Waals surface area contributed by atoms with Gasteiger partial charge in [-0.3, -0.25) is 9.97 Å². The van der Waals surface area contributed by atoms with Crippen LogP contribution in [0.2, 0.25) is 0 Å². The Bertz CT molecular complexity index is 290. The fourth-order valence-corrected chi connectivity index (χ4v) is 1.71. The highest BCUT2D eigenvalue weighted by atomic mass is 14.8. The van der Waals surface area contributed by atoms with E-state index in [2.05, 4.69) is 9.97 Å². The Balaban J connectivity index is 2.05. The molecule has 0 radical (unpaired) electrons. The first-order valence-corrected chi connectivity index (χ1v) is 5.28. The third-order valence-electron chi connectivity index (χ3n) is 2.82. The molecule has 0 bridgehead atoms. The summed E-state index contributed by atoms with van der Waals surface area (Å²) in [5.74, 6) is 1.31. The minimum Gasteiger partial charge on any atom is -0.330 e. The average molecular weight is 191 g/mol. The largest absolute Gasteiger partial charge is 0.330 e. The molecular formula is C11H17N3. The second-order valence-electron chi connectivity index (χ2n) is 4.19. The van der Waals surface area contributed by atoms with Crippen LogP contribution in [0.25, 0.3) is 0 Å². The molecule has 0 spiro atoms. The van der Waals surface area contributed by atoms with E-state index in [4.69, 9.17) is 5.73 Å². The topological polar surface area (TPSA) is 51.8 Å². The van der Waals surface area contributed by atoms with Crippen molar-refractivity contribution >= 4 is 0 Å². The number of aryl methyl sites for hydroxylation is 1. The number of aromatic nitrogens is 2. The molecule has 1 aromatic rings. The number of rotatable bonds is 4. The van der Waals surface area contributed by atoms with Crippen molar-refractivity contribution in [1.82, 2.24) is 9.97 Å². The fourth-order valence-electron chi connectivity index (χ4n) is 1.71. The van der Waals surface area contributed by atoms with Crippen molar-refractivity contribution in [2.45, 2.75) is 32.1 Å². The zero-order chi connectivity index (χ0) is 9.97. The summed E-state index contributed by atoms with van der Waals surface area (Å²) >= 11 is 0. The molecular weight excluding hydrogens is 174 g/mol. The molecule has 0 unspecified atom stereocenters. The molecule has 2 N–H and O–H groups in total. The molecule has 3 heteroatoms. The highest BCUT2D eigenvalue weighted by Gasteiger charge is 2.26. The summed E-state index contributed by atoms with van der Waals surface area (Å²) in [6.45, 7) is 2.64. The normalized spacial score (nSPS) is 18.1. The SMILES string of the molecule is Cc1cnc([C@H](CN)CC2CC2)cn1. The maximum Gasteiger partial charge on any atom is 0.0630 e. The zero-order valence-corrected chi connectivity index (χ0v) is 8.61. The van der Waals surface area contributed by atoms with Crippen LogP contribution >= 0.6 is 0 Å². The van der Waals surface area contributed by atoms with Crippen LogP contribution in [0.3, 0.4) is 0 Å². The first-order valence-electron chi connectivity index (χ1n) is 5.28. The number of nitrogens with two attached hydrogens (primary N) is 1. The summed E-state index contributed by atoms with van der Waals surface area (Å²) in [6.07, 6.45) is 7.62. The third-order valence-corrected chi connectivity index (χ3v) is 2.82. The summed E-state index contributed by atoms with van der Waals surface area (Å²) in [6, 6.07) is 0. The van der Waals surface area contributed by atoms with Gasteiger partial charge in [0.2, 0.25) is 0 Å². The number of nitrogens with zero attached hydrogens (tertiary/aromatic N) is 2. The van der Waals surface area contributed by atoms with Crippen LogP contribution in [0.4, 0.5) is 0 Å². The molecule has 3 nitrogen and oxygen atoms in total.